The van der Waals surface area contributed by atoms with Gasteiger partial charge in [-0.1, -0.05) is 4.99 Å². The van der Waals surface area contributed by atoms with Gasteiger partial charge in [0.05, 0.1) is 5.75 Å². The lowest BCUT2D eigenvalue weighted by molar-refractivity contribution is -0.273. The molecular formula is C3H7NO3S. The summed E-state index contributed by atoms with van der Waals surface area (Å²) in [6.07, 6.45) is 1.78. The van der Waals surface area contributed by atoms with E-state index in [1.165, 1.54) is 11.8 Å². The second-order valence-corrected chi connectivity index (χ2v) is 1.85. The minimum atomic E-state index is -0.472. The predicted octanol–water partition coefficient (Wildman–Crippen LogP) is -0.302. The Balaban J connectivity index is 3.06. The molecule has 0 aromatic carbocycles. The molecule has 4 nitrogen and oxygen atoms in total. The van der Waals surface area contributed by atoms with Gasteiger partial charge in [0.25, 0.3) is 0 Å². The Morgan fingerprint density at radius 1 is 1.88 bits per heavy atom. The van der Waals surface area contributed by atoms with E-state index < -0.39 is 5.97 Å². The van der Waals surface area contributed by atoms with E-state index in [0.29, 0.717) is 0 Å². The Morgan fingerprint density at radius 3 is 2.88 bits per heavy atom. The number of hydrogen-bond acceptors (Lipinski definition) is 5. The summed E-state index contributed by atoms with van der Waals surface area (Å²) in [5, 5.41) is 0. The van der Waals surface area contributed by atoms with Gasteiger partial charge < -0.3 is 0 Å². The van der Waals surface area contributed by atoms with Crippen LogP contribution in [-0.4, -0.2) is 18.0 Å². The summed E-state index contributed by atoms with van der Waals surface area (Å²) in [6.45, 7) is 0. The average molecular weight is 137 g/mol. The molecule has 0 heterocycles. The molecule has 5 heteroatoms. The predicted molar refractivity (Wildman–Crippen MR) is 29.7 cm³/mol. The average Bonchev–Trinajstić information content (AvgIpc) is 1.68. The van der Waals surface area contributed by atoms with Crippen molar-refractivity contribution in [1.82, 2.24) is 0 Å². The van der Waals surface area contributed by atoms with Gasteiger partial charge in [-0.25, -0.2) is 4.79 Å². The molecule has 0 spiro atoms. The summed E-state index contributed by atoms with van der Waals surface area (Å²) >= 11 is 1.34. The SMILES string of the molecule is CSCC(=O)OON. The molecule has 0 saturated heterocycles. The van der Waals surface area contributed by atoms with Gasteiger partial charge in [-0.2, -0.15) is 17.7 Å². The van der Waals surface area contributed by atoms with Gasteiger partial charge in [-0.15, -0.1) is 0 Å². The highest BCUT2D eigenvalue weighted by Crippen LogP contribution is 1.91. The van der Waals surface area contributed by atoms with Gasteiger partial charge in [0.1, 0.15) is 0 Å². The van der Waals surface area contributed by atoms with Gasteiger partial charge >= 0.3 is 5.97 Å². The second kappa shape index (κ2) is 4.89. The summed E-state index contributed by atoms with van der Waals surface area (Å²) in [6, 6.07) is 0. The Morgan fingerprint density at radius 2 is 2.50 bits per heavy atom. The molecule has 0 unspecified atom stereocenters. The zero-order chi connectivity index (χ0) is 6.41. The Kier molecular flexibility index (Phi) is 4.73. The highest BCUT2D eigenvalue weighted by Gasteiger charge is 1.98. The normalized spacial score (nSPS) is 8.75. The molecular weight excluding hydrogens is 130 g/mol. The van der Waals surface area contributed by atoms with Crippen LogP contribution < -0.4 is 5.90 Å². The molecule has 2 N–H and O–H groups in total. The lowest BCUT2D eigenvalue weighted by atomic mass is 10.8. The molecule has 0 bridgehead atoms. The van der Waals surface area contributed by atoms with Gasteiger partial charge in [0.2, 0.25) is 0 Å². The lowest BCUT2D eigenvalue weighted by Crippen LogP contribution is -2.10. The molecule has 0 fully saturated rings. The number of carbonyl (C=O) groups is 1. The summed E-state index contributed by atoms with van der Waals surface area (Å²) in [5.74, 6) is 4.20. The fraction of sp³-hybridized carbons (Fsp3) is 0.667. The third-order valence-corrected chi connectivity index (χ3v) is 0.928. The maximum atomic E-state index is 10.2. The zero-order valence-corrected chi connectivity index (χ0v) is 5.23. The van der Waals surface area contributed by atoms with Crippen molar-refractivity contribution in [1.29, 1.82) is 0 Å². The van der Waals surface area contributed by atoms with E-state index in [0.717, 1.165) is 0 Å². The van der Waals surface area contributed by atoms with E-state index in [4.69, 9.17) is 0 Å². The first-order valence-electron chi connectivity index (χ1n) is 1.86. The van der Waals surface area contributed by atoms with Gasteiger partial charge in [0, 0.05) is 0 Å². The van der Waals surface area contributed by atoms with Crippen LogP contribution in [0.25, 0.3) is 0 Å². The fourth-order valence-corrected chi connectivity index (χ4v) is 0.479. The van der Waals surface area contributed by atoms with Crippen LogP contribution in [0.3, 0.4) is 0 Å². The van der Waals surface area contributed by atoms with Gasteiger partial charge in [0.15, 0.2) is 0 Å². The molecule has 0 aliphatic rings. The standard InChI is InChI=1S/C3H7NO3S/c1-8-2-3(5)6-7-4/h2,4H2,1H3. The minimum Gasteiger partial charge on any atom is -0.279 e. The summed E-state index contributed by atoms with van der Waals surface area (Å²) < 4.78 is 0. The number of nitrogens with two attached hydrogens (primary N) is 1. The van der Waals surface area contributed by atoms with E-state index in [9.17, 15) is 4.79 Å². The van der Waals surface area contributed by atoms with Crippen molar-refractivity contribution in [3.8, 4) is 0 Å². The molecule has 0 amide bonds. The van der Waals surface area contributed by atoms with E-state index >= 15 is 0 Å². The first-order chi connectivity index (χ1) is 3.81. The van der Waals surface area contributed by atoms with E-state index in [2.05, 4.69) is 15.8 Å². The van der Waals surface area contributed by atoms with Crippen LogP contribution in [0.2, 0.25) is 0 Å². The summed E-state index contributed by atoms with van der Waals surface area (Å²) in [7, 11) is 0. The minimum absolute atomic E-state index is 0.261. The molecule has 0 aromatic rings. The third kappa shape index (κ3) is 3.91. The highest BCUT2D eigenvalue weighted by molar-refractivity contribution is 7.99. The highest BCUT2D eigenvalue weighted by atomic mass is 32.2. The van der Waals surface area contributed by atoms with Crippen molar-refractivity contribution in [2.45, 2.75) is 0 Å². The molecule has 8 heavy (non-hydrogen) atoms. The largest absolute Gasteiger partial charge is 0.354 e. The van der Waals surface area contributed by atoms with Crippen LogP contribution in [-0.2, 0) is 14.7 Å². The Hall–Kier alpha value is -0.260. The monoisotopic (exact) mass is 137 g/mol. The van der Waals surface area contributed by atoms with Crippen LogP contribution >= 0.6 is 11.8 Å². The van der Waals surface area contributed by atoms with Crippen LogP contribution in [0, 0.1) is 0 Å². The molecule has 0 aliphatic heterocycles. The number of rotatable bonds is 3. The van der Waals surface area contributed by atoms with E-state index in [1.807, 2.05) is 0 Å². The van der Waals surface area contributed by atoms with Crippen LogP contribution in [0.1, 0.15) is 0 Å². The summed E-state index contributed by atoms with van der Waals surface area (Å²) in [5.41, 5.74) is 0. The van der Waals surface area contributed by atoms with E-state index in [1.54, 1.807) is 6.26 Å². The van der Waals surface area contributed by atoms with Gasteiger partial charge in [-0.05, 0) is 6.26 Å². The molecule has 0 rings (SSSR count). The van der Waals surface area contributed by atoms with Crippen LogP contribution in [0.4, 0.5) is 0 Å². The zero-order valence-electron chi connectivity index (χ0n) is 4.42. The molecule has 48 valence electrons. The Bertz CT molecular complexity index is 68.9. The van der Waals surface area contributed by atoms with Gasteiger partial charge in [-0.3, -0.25) is 4.89 Å². The van der Waals surface area contributed by atoms with E-state index in [-0.39, 0.29) is 5.75 Å². The molecule has 0 saturated carbocycles. The molecule has 0 aromatic heterocycles. The number of carbonyl (C=O) groups excluding carboxylic acids is 1. The fourth-order valence-electron chi connectivity index (χ4n) is 0.196. The van der Waals surface area contributed by atoms with Crippen molar-refractivity contribution >= 4 is 17.7 Å². The lowest BCUT2D eigenvalue weighted by Gasteiger charge is -1.93. The van der Waals surface area contributed by atoms with Crippen molar-refractivity contribution in [2.75, 3.05) is 12.0 Å². The number of hydrogen-bond donors (Lipinski definition) is 1. The van der Waals surface area contributed by atoms with Crippen molar-refractivity contribution in [3.05, 3.63) is 0 Å². The second-order valence-electron chi connectivity index (χ2n) is 0.985. The van der Waals surface area contributed by atoms with Crippen molar-refractivity contribution in [2.24, 2.45) is 5.90 Å². The Labute approximate surface area is 51.2 Å². The third-order valence-electron chi connectivity index (χ3n) is 0.403. The van der Waals surface area contributed by atoms with Crippen LogP contribution in [0.15, 0.2) is 0 Å². The quantitative estimate of drug-likeness (QED) is 0.427. The molecule has 0 atom stereocenters. The topological polar surface area (TPSA) is 61.5 Å². The first-order valence-corrected chi connectivity index (χ1v) is 3.25. The maximum Gasteiger partial charge on any atom is 0.354 e. The number of thioether (sulfide) groups is 1. The van der Waals surface area contributed by atoms with Crippen LogP contribution in [0.5, 0.6) is 0 Å². The smallest absolute Gasteiger partial charge is 0.279 e. The molecule has 0 radical (unpaired) electrons. The first kappa shape index (κ1) is 7.74. The summed E-state index contributed by atoms with van der Waals surface area (Å²) in [4.78, 5) is 17.7. The van der Waals surface area contributed by atoms with Crippen molar-refractivity contribution in [3.63, 3.8) is 0 Å². The molecule has 0 aliphatic carbocycles. The maximum absolute atomic E-state index is 10.2. The van der Waals surface area contributed by atoms with Crippen molar-refractivity contribution < 1.29 is 14.7 Å².